The molecule has 1 aromatic heterocycles. The molecule has 1 aliphatic carbocycles. The van der Waals surface area contributed by atoms with Crippen molar-refractivity contribution in [1.29, 1.82) is 0 Å². The van der Waals surface area contributed by atoms with Crippen LogP contribution in [0.25, 0.3) is 10.9 Å². The lowest BCUT2D eigenvalue weighted by Gasteiger charge is -2.38. The minimum absolute atomic E-state index is 0.0921. The summed E-state index contributed by atoms with van der Waals surface area (Å²) < 4.78 is 5.83. The smallest absolute Gasteiger partial charge is 0.240 e. The maximum atomic E-state index is 13.5. The first-order valence-corrected chi connectivity index (χ1v) is 11.2. The average Bonchev–Trinajstić information content (AvgIpc) is 3.51. The Kier molecular flexibility index (Phi) is 5.27. The quantitative estimate of drug-likeness (QED) is 0.847. The van der Waals surface area contributed by atoms with Crippen molar-refractivity contribution in [3.8, 4) is 0 Å². The summed E-state index contributed by atoms with van der Waals surface area (Å²) in [5, 5.41) is 4.64. The summed E-state index contributed by atoms with van der Waals surface area (Å²) in [5.41, 5.74) is 2.05. The van der Waals surface area contributed by atoms with Gasteiger partial charge in [0.25, 0.3) is 0 Å². The molecule has 0 unspecified atom stereocenters. The standard InChI is InChI=1S/C24H31N3O2/c28-23(24(10-3-4-11-24)27-13-5-6-14-27)26-22-17-29-16-19(22)15-18-9-12-25-21-8-2-1-7-20(18)21/h1-2,7-9,12,19,22H,3-6,10-11,13-17H2,(H,26,28)/t19-,22-/m1/s1. The first-order chi connectivity index (χ1) is 14.3. The molecule has 0 bridgehead atoms. The fraction of sp³-hybridized carbons (Fsp3) is 0.583. The summed E-state index contributed by atoms with van der Waals surface area (Å²) in [6.45, 7) is 3.47. The monoisotopic (exact) mass is 393 g/mol. The number of aromatic nitrogens is 1. The van der Waals surface area contributed by atoms with Crippen molar-refractivity contribution >= 4 is 16.8 Å². The number of ether oxygens (including phenoxy) is 1. The summed E-state index contributed by atoms with van der Waals surface area (Å²) >= 11 is 0. The lowest BCUT2D eigenvalue weighted by molar-refractivity contribution is -0.133. The van der Waals surface area contributed by atoms with Gasteiger partial charge in [0.2, 0.25) is 5.91 Å². The van der Waals surface area contributed by atoms with E-state index in [0.29, 0.717) is 19.1 Å². The van der Waals surface area contributed by atoms with E-state index in [4.69, 9.17) is 4.74 Å². The number of benzene rings is 1. The number of amides is 1. The number of carbonyl (C=O) groups excluding carboxylic acids is 1. The molecule has 3 heterocycles. The number of para-hydroxylation sites is 1. The Morgan fingerprint density at radius 1 is 1.10 bits per heavy atom. The van der Waals surface area contributed by atoms with Crippen LogP contribution in [0.5, 0.6) is 0 Å². The number of carbonyl (C=O) groups is 1. The Bertz CT molecular complexity index is 866. The van der Waals surface area contributed by atoms with Crippen molar-refractivity contribution in [2.24, 2.45) is 5.92 Å². The Balaban J connectivity index is 1.32. The first-order valence-electron chi connectivity index (χ1n) is 11.2. The molecule has 0 spiro atoms. The van der Waals surface area contributed by atoms with Gasteiger partial charge in [0.1, 0.15) is 5.54 Å². The lowest BCUT2D eigenvalue weighted by Crippen LogP contribution is -2.59. The summed E-state index contributed by atoms with van der Waals surface area (Å²) in [6.07, 6.45) is 9.58. The zero-order valence-corrected chi connectivity index (χ0v) is 17.1. The van der Waals surface area contributed by atoms with Gasteiger partial charge in [-0.1, -0.05) is 31.0 Å². The third-order valence-electron chi connectivity index (χ3n) is 7.30. The van der Waals surface area contributed by atoms with Gasteiger partial charge in [-0.05, 0) is 62.9 Å². The summed E-state index contributed by atoms with van der Waals surface area (Å²) in [7, 11) is 0. The van der Waals surface area contributed by atoms with Crippen LogP contribution in [0.4, 0.5) is 0 Å². The number of hydrogen-bond acceptors (Lipinski definition) is 4. The van der Waals surface area contributed by atoms with Crippen LogP contribution in [0, 0.1) is 5.92 Å². The van der Waals surface area contributed by atoms with Gasteiger partial charge in [0, 0.05) is 17.5 Å². The number of hydrogen-bond donors (Lipinski definition) is 1. The van der Waals surface area contributed by atoms with Crippen molar-refractivity contribution in [2.75, 3.05) is 26.3 Å². The van der Waals surface area contributed by atoms with Crippen molar-refractivity contribution < 1.29 is 9.53 Å². The Morgan fingerprint density at radius 2 is 1.90 bits per heavy atom. The molecule has 2 saturated heterocycles. The predicted octanol–water partition coefficient (Wildman–Crippen LogP) is 3.32. The van der Waals surface area contributed by atoms with Crippen LogP contribution in [0.1, 0.15) is 44.1 Å². The van der Waals surface area contributed by atoms with Crippen LogP contribution in [0.15, 0.2) is 36.5 Å². The molecule has 154 valence electrons. The van der Waals surface area contributed by atoms with E-state index < -0.39 is 0 Å². The SMILES string of the molecule is O=C(N[C@@H]1COC[C@H]1Cc1ccnc2ccccc12)C1(N2CCCC2)CCCC1. The number of fused-ring (bicyclic) bond motifs is 1. The van der Waals surface area contributed by atoms with Gasteiger partial charge < -0.3 is 10.1 Å². The molecule has 2 aromatic rings. The van der Waals surface area contributed by atoms with Crippen LogP contribution < -0.4 is 5.32 Å². The lowest BCUT2D eigenvalue weighted by atomic mass is 9.90. The maximum Gasteiger partial charge on any atom is 0.240 e. The molecule has 1 amide bonds. The molecule has 2 atom stereocenters. The van der Waals surface area contributed by atoms with Gasteiger partial charge in [0.15, 0.2) is 0 Å². The highest BCUT2D eigenvalue weighted by Gasteiger charge is 2.48. The highest BCUT2D eigenvalue weighted by atomic mass is 16.5. The van der Waals surface area contributed by atoms with Gasteiger partial charge in [-0.15, -0.1) is 0 Å². The Morgan fingerprint density at radius 3 is 2.72 bits per heavy atom. The van der Waals surface area contributed by atoms with E-state index in [-0.39, 0.29) is 17.5 Å². The summed E-state index contributed by atoms with van der Waals surface area (Å²) in [6, 6.07) is 10.5. The predicted molar refractivity (Wildman–Crippen MR) is 114 cm³/mol. The molecule has 2 aliphatic heterocycles. The minimum Gasteiger partial charge on any atom is -0.379 e. The van der Waals surface area contributed by atoms with Gasteiger partial charge in [0.05, 0.1) is 24.8 Å². The molecule has 1 saturated carbocycles. The Labute approximate surface area is 172 Å². The Hall–Kier alpha value is -1.98. The third kappa shape index (κ3) is 3.55. The second-order valence-electron chi connectivity index (χ2n) is 9.00. The fourth-order valence-corrected chi connectivity index (χ4v) is 5.67. The molecule has 1 N–H and O–H groups in total. The van der Waals surface area contributed by atoms with Crippen LogP contribution in [0.3, 0.4) is 0 Å². The molecule has 0 radical (unpaired) electrons. The number of rotatable bonds is 5. The van der Waals surface area contributed by atoms with E-state index in [9.17, 15) is 4.79 Å². The van der Waals surface area contributed by atoms with E-state index >= 15 is 0 Å². The molecule has 3 fully saturated rings. The number of nitrogens with zero attached hydrogens (tertiary/aromatic N) is 2. The molecule has 5 rings (SSSR count). The van der Waals surface area contributed by atoms with Gasteiger partial charge >= 0.3 is 0 Å². The first kappa shape index (κ1) is 19.0. The topological polar surface area (TPSA) is 54.5 Å². The van der Waals surface area contributed by atoms with Crippen molar-refractivity contribution in [1.82, 2.24) is 15.2 Å². The van der Waals surface area contributed by atoms with E-state index in [2.05, 4.69) is 39.5 Å². The largest absolute Gasteiger partial charge is 0.379 e. The number of nitrogens with one attached hydrogen (secondary N) is 1. The number of likely N-dealkylation sites (tertiary alicyclic amines) is 1. The van der Waals surface area contributed by atoms with E-state index in [1.807, 2.05) is 12.3 Å². The van der Waals surface area contributed by atoms with Crippen molar-refractivity contribution in [3.05, 3.63) is 42.1 Å². The van der Waals surface area contributed by atoms with E-state index in [1.165, 1.54) is 23.8 Å². The highest BCUT2D eigenvalue weighted by Crippen LogP contribution is 2.38. The zero-order chi connectivity index (χ0) is 19.7. The maximum absolute atomic E-state index is 13.5. The minimum atomic E-state index is -0.271. The van der Waals surface area contributed by atoms with Gasteiger partial charge in [-0.3, -0.25) is 14.7 Å². The highest BCUT2D eigenvalue weighted by molar-refractivity contribution is 5.87. The van der Waals surface area contributed by atoms with Gasteiger partial charge in [-0.25, -0.2) is 0 Å². The molecule has 3 aliphatic rings. The third-order valence-corrected chi connectivity index (χ3v) is 7.30. The zero-order valence-electron chi connectivity index (χ0n) is 17.1. The normalized spacial score (nSPS) is 26.9. The van der Waals surface area contributed by atoms with E-state index in [0.717, 1.165) is 50.7 Å². The molecule has 29 heavy (non-hydrogen) atoms. The molecular formula is C24H31N3O2. The van der Waals surface area contributed by atoms with Crippen molar-refractivity contribution in [3.63, 3.8) is 0 Å². The van der Waals surface area contributed by atoms with Crippen LogP contribution in [-0.4, -0.2) is 53.7 Å². The molecule has 5 nitrogen and oxygen atoms in total. The number of pyridine rings is 1. The van der Waals surface area contributed by atoms with Crippen molar-refractivity contribution in [2.45, 2.75) is 56.5 Å². The van der Waals surface area contributed by atoms with Crippen LogP contribution in [0.2, 0.25) is 0 Å². The van der Waals surface area contributed by atoms with Gasteiger partial charge in [-0.2, -0.15) is 0 Å². The molecular weight excluding hydrogens is 362 g/mol. The second-order valence-corrected chi connectivity index (χ2v) is 9.00. The average molecular weight is 394 g/mol. The summed E-state index contributed by atoms with van der Waals surface area (Å²) in [4.78, 5) is 20.5. The second kappa shape index (κ2) is 8.04. The molecule has 5 heteroatoms. The molecule has 1 aromatic carbocycles. The fourth-order valence-electron chi connectivity index (χ4n) is 5.67. The van der Waals surface area contributed by atoms with Crippen LogP contribution in [-0.2, 0) is 16.0 Å². The van der Waals surface area contributed by atoms with Crippen LogP contribution >= 0.6 is 0 Å². The van der Waals surface area contributed by atoms with E-state index in [1.54, 1.807) is 0 Å². The summed E-state index contributed by atoms with van der Waals surface area (Å²) in [5.74, 6) is 0.554.